The molecule has 1 fully saturated rings. The van der Waals surface area contributed by atoms with Crippen molar-refractivity contribution in [3.63, 3.8) is 0 Å². The maximum absolute atomic E-state index is 12.1. The number of amides is 1. The number of benzene rings is 1. The third-order valence-corrected chi connectivity index (χ3v) is 3.84. The van der Waals surface area contributed by atoms with Gasteiger partial charge in [0.05, 0.1) is 0 Å². The van der Waals surface area contributed by atoms with Gasteiger partial charge in [0.1, 0.15) is 5.60 Å². The molecule has 0 saturated carbocycles. The molecular weight excluding hydrogens is 278 g/mol. The molecule has 1 aromatic carbocycles. The van der Waals surface area contributed by atoms with Crippen LogP contribution in [0.5, 0.6) is 0 Å². The lowest BCUT2D eigenvalue weighted by molar-refractivity contribution is -0.168. The third kappa shape index (κ3) is 4.86. The van der Waals surface area contributed by atoms with E-state index in [1.807, 2.05) is 6.07 Å². The van der Waals surface area contributed by atoms with E-state index in [0.717, 1.165) is 19.3 Å². The average Bonchev–Trinajstić information content (AvgIpc) is 2.46. The molecule has 0 aromatic heterocycles. The number of carbonyl (C=O) groups is 2. The zero-order valence-electron chi connectivity index (χ0n) is 13.7. The molecule has 0 unspecified atom stereocenters. The molecule has 1 saturated heterocycles. The number of ether oxygens (including phenoxy) is 1. The second-order valence-electron chi connectivity index (χ2n) is 6.93. The van der Waals surface area contributed by atoms with Crippen LogP contribution >= 0.6 is 0 Å². The number of esters is 1. The fraction of sp³-hybridized carbons (Fsp3) is 0.556. The van der Waals surface area contributed by atoms with Gasteiger partial charge in [-0.25, -0.2) is 4.79 Å². The van der Waals surface area contributed by atoms with Crippen LogP contribution in [0.3, 0.4) is 0 Å². The van der Waals surface area contributed by atoms with E-state index in [1.165, 1.54) is 5.56 Å². The summed E-state index contributed by atoms with van der Waals surface area (Å²) in [5.41, 5.74) is 0.706. The minimum Gasteiger partial charge on any atom is -0.453 e. The van der Waals surface area contributed by atoms with Crippen molar-refractivity contribution in [1.29, 1.82) is 0 Å². The zero-order chi connectivity index (χ0) is 16.2. The lowest BCUT2D eigenvalue weighted by Gasteiger charge is -2.32. The lowest BCUT2D eigenvalue weighted by atomic mass is 9.90. The topological polar surface area (TPSA) is 46.6 Å². The summed E-state index contributed by atoms with van der Waals surface area (Å²) in [6, 6.07) is 10.4. The van der Waals surface area contributed by atoms with Crippen LogP contribution in [-0.4, -0.2) is 35.5 Å². The Morgan fingerprint density at radius 3 is 2.27 bits per heavy atom. The smallest absolute Gasteiger partial charge is 0.397 e. The first-order chi connectivity index (χ1) is 10.3. The van der Waals surface area contributed by atoms with Gasteiger partial charge in [-0.2, -0.15) is 0 Å². The molecule has 22 heavy (non-hydrogen) atoms. The fourth-order valence-electron chi connectivity index (χ4n) is 2.74. The Balaban J connectivity index is 1.81. The summed E-state index contributed by atoms with van der Waals surface area (Å²) < 4.78 is 5.15. The summed E-state index contributed by atoms with van der Waals surface area (Å²) in [6.45, 7) is 6.57. The summed E-state index contributed by atoms with van der Waals surface area (Å²) >= 11 is 0. The van der Waals surface area contributed by atoms with E-state index < -0.39 is 17.5 Å². The van der Waals surface area contributed by atoms with Crippen LogP contribution in [0.2, 0.25) is 0 Å². The van der Waals surface area contributed by atoms with Crippen molar-refractivity contribution in [2.75, 3.05) is 13.1 Å². The molecule has 0 aliphatic carbocycles. The van der Waals surface area contributed by atoms with Gasteiger partial charge in [-0.05, 0) is 51.5 Å². The van der Waals surface area contributed by atoms with Crippen molar-refractivity contribution in [3.8, 4) is 0 Å². The van der Waals surface area contributed by atoms with Crippen LogP contribution in [0.4, 0.5) is 0 Å². The van der Waals surface area contributed by atoms with Crippen molar-refractivity contribution in [2.45, 2.75) is 45.6 Å². The van der Waals surface area contributed by atoms with Crippen LogP contribution in [-0.2, 0) is 20.7 Å². The monoisotopic (exact) mass is 303 g/mol. The first-order valence-corrected chi connectivity index (χ1v) is 7.91. The Morgan fingerprint density at radius 2 is 1.73 bits per heavy atom. The van der Waals surface area contributed by atoms with Crippen LogP contribution in [0.25, 0.3) is 0 Å². The number of hydrogen-bond donors (Lipinski definition) is 0. The number of rotatable bonds is 2. The summed E-state index contributed by atoms with van der Waals surface area (Å²) in [4.78, 5) is 25.5. The maximum Gasteiger partial charge on any atom is 0.397 e. The molecule has 1 aliphatic rings. The summed E-state index contributed by atoms with van der Waals surface area (Å²) in [6.07, 6.45) is 2.90. The third-order valence-electron chi connectivity index (χ3n) is 3.84. The van der Waals surface area contributed by atoms with Gasteiger partial charge >= 0.3 is 11.9 Å². The number of likely N-dealkylation sites (tertiary alicyclic amines) is 1. The molecule has 1 amide bonds. The quantitative estimate of drug-likeness (QED) is 0.623. The second-order valence-corrected chi connectivity index (χ2v) is 6.93. The molecule has 4 nitrogen and oxygen atoms in total. The van der Waals surface area contributed by atoms with Crippen molar-refractivity contribution in [2.24, 2.45) is 5.92 Å². The minimum absolute atomic E-state index is 0.506. The van der Waals surface area contributed by atoms with Crippen LogP contribution < -0.4 is 0 Å². The molecule has 1 heterocycles. The Kier molecular flexibility index (Phi) is 5.22. The van der Waals surface area contributed by atoms with Crippen molar-refractivity contribution in [3.05, 3.63) is 35.9 Å². The first-order valence-electron chi connectivity index (χ1n) is 7.91. The molecule has 0 spiro atoms. The van der Waals surface area contributed by atoms with Gasteiger partial charge in [0.25, 0.3) is 0 Å². The van der Waals surface area contributed by atoms with E-state index in [-0.39, 0.29) is 0 Å². The lowest BCUT2D eigenvalue weighted by Crippen LogP contribution is -2.44. The van der Waals surface area contributed by atoms with E-state index in [4.69, 9.17) is 4.74 Å². The minimum atomic E-state index is -0.742. The van der Waals surface area contributed by atoms with Gasteiger partial charge < -0.3 is 9.64 Å². The predicted molar refractivity (Wildman–Crippen MR) is 85.3 cm³/mol. The van der Waals surface area contributed by atoms with E-state index in [2.05, 4.69) is 24.3 Å². The molecule has 4 heteroatoms. The molecule has 2 rings (SSSR count). The predicted octanol–water partition coefficient (Wildman–Crippen LogP) is 2.81. The molecule has 0 N–H and O–H groups in total. The Hall–Kier alpha value is -1.84. The molecule has 1 aromatic rings. The highest BCUT2D eigenvalue weighted by molar-refractivity contribution is 6.32. The van der Waals surface area contributed by atoms with Crippen molar-refractivity contribution < 1.29 is 14.3 Å². The highest BCUT2D eigenvalue weighted by Gasteiger charge is 2.30. The normalized spacial score (nSPS) is 16.4. The Bertz CT molecular complexity index is 511. The van der Waals surface area contributed by atoms with Gasteiger partial charge in [-0.15, -0.1) is 0 Å². The van der Waals surface area contributed by atoms with Gasteiger partial charge in [0.15, 0.2) is 0 Å². The largest absolute Gasteiger partial charge is 0.453 e. The SMILES string of the molecule is CC(C)(C)OC(=O)C(=O)N1CCC(Cc2ccccc2)CC1. The number of hydrogen-bond acceptors (Lipinski definition) is 3. The molecular formula is C18H25NO3. The first kappa shape index (κ1) is 16.5. The molecule has 1 aliphatic heterocycles. The average molecular weight is 303 g/mol. The summed E-state index contributed by atoms with van der Waals surface area (Å²) in [5.74, 6) is -0.674. The highest BCUT2D eigenvalue weighted by Crippen LogP contribution is 2.22. The Labute approximate surface area is 132 Å². The maximum atomic E-state index is 12.1. The number of carbonyl (C=O) groups excluding carboxylic acids is 2. The zero-order valence-corrected chi connectivity index (χ0v) is 13.7. The van der Waals surface area contributed by atoms with E-state index in [0.29, 0.717) is 19.0 Å². The van der Waals surface area contributed by atoms with E-state index in [9.17, 15) is 9.59 Å². The Morgan fingerprint density at radius 1 is 1.14 bits per heavy atom. The molecule has 0 atom stereocenters. The summed E-state index contributed by atoms with van der Waals surface area (Å²) in [7, 11) is 0. The van der Waals surface area contributed by atoms with E-state index >= 15 is 0 Å². The van der Waals surface area contributed by atoms with Gasteiger partial charge in [0.2, 0.25) is 0 Å². The van der Waals surface area contributed by atoms with Gasteiger partial charge in [-0.3, -0.25) is 4.79 Å². The van der Waals surface area contributed by atoms with Crippen LogP contribution in [0.15, 0.2) is 30.3 Å². The van der Waals surface area contributed by atoms with Crippen molar-refractivity contribution >= 4 is 11.9 Å². The molecule has 0 bridgehead atoms. The van der Waals surface area contributed by atoms with Crippen LogP contribution in [0.1, 0.15) is 39.2 Å². The standard InChI is InChI=1S/C18H25NO3/c1-18(2,3)22-17(21)16(20)19-11-9-15(10-12-19)13-14-7-5-4-6-8-14/h4-8,15H,9-13H2,1-3H3. The number of nitrogens with zero attached hydrogens (tertiary/aromatic N) is 1. The highest BCUT2D eigenvalue weighted by atomic mass is 16.6. The summed E-state index contributed by atoms with van der Waals surface area (Å²) in [5, 5.41) is 0. The van der Waals surface area contributed by atoms with Crippen LogP contribution in [0, 0.1) is 5.92 Å². The molecule has 0 radical (unpaired) electrons. The number of piperidine rings is 1. The van der Waals surface area contributed by atoms with Crippen molar-refractivity contribution in [1.82, 2.24) is 4.90 Å². The molecule has 120 valence electrons. The van der Waals surface area contributed by atoms with E-state index in [1.54, 1.807) is 25.7 Å². The second kappa shape index (κ2) is 6.95. The fourth-order valence-corrected chi connectivity index (χ4v) is 2.74. The van der Waals surface area contributed by atoms with Gasteiger partial charge in [0, 0.05) is 13.1 Å². The van der Waals surface area contributed by atoms with Gasteiger partial charge in [-0.1, -0.05) is 30.3 Å².